The van der Waals surface area contributed by atoms with Crippen LogP contribution in [0.4, 0.5) is 0 Å². The molecular weight excluding hydrogens is 180 g/mol. The van der Waals surface area contributed by atoms with Crippen LogP contribution in [0.1, 0.15) is 31.0 Å². The van der Waals surface area contributed by atoms with Crippen molar-refractivity contribution in [1.82, 2.24) is 10.3 Å². The smallest absolute Gasteiger partial charge is 0.107 e. The molecule has 0 saturated heterocycles. The van der Waals surface area contributed by atoms with E-state index in [9.17, 15) is 0 Å². The second-order valence-electron chi connectivity index (χ2n) is 3.53. The average Bonchev–Trinajstić information content (AvgIpc) is 2.51. The number of thiazole rings is 1. The highest BCUT2D eigenvalue weighted by Crippen LogP contribution is 2.08. The lowest BCUT2D eigenvalue weighted by molar-refractivity contribution is 0.499. The molecule has 0 bridgehead atoms. The van der Waals surface area contributed by atoms with Crippen LogP contribution in [0.5, 0.6) is 0 Å². The van der Waals surface area contributed by atoms with Crippen LogP contribution in [0.2, 0.25) is 0 Å². The van der Waals surface area contributed by atoms with Crippen molar-refractivity contribution in [3.05, 3.63) is 16.1 Å². The summed E-state index contributed by atoms with van der Waals surface area (Å²) < 4.78 is 0. The third-order valence-corrected chi connectivity index (χ3v) is 3.10. The summed E-state index contributed by atoms with van der Waals surface area (Å²) in [5, 5.41) is 6.71. The second kappa shape index (κ2) is 5.35. The Kier molecular flexibility index (Phi) is 4.39. The summed E-state index contributed by atoms with van der Waals surface area (Å²) in [6.07, 6.45) is 1.24. The van der Waals surface area contributed by atoms with E-state index in [0.717, 1.165) is 24.7 Å². The van der Waals surface area contributed by atoms with Gasteiger partial charge in [-0.25, -0.2) is 4.98 Å². The highest BCUT2D eigenvalue weighted by atomic mass is 32.1. The topological polar surface area (TPSA) is 24.9 Å². The van der Waals surface area contributed by atoms with E-state index in [-0.39, 0.29) is 0 Å². The van der Waals surface area contributed by atoms with Crippen LogP contribution in [0, 0.1) is 12.8 Å². The van der Waals surface area contributed by atoms with Crippen molar-refractivity contribution in [2.45, 2.75) is 33.7 Å². The molecule has 3 heteroatoms. The number of nitrogens with one attached hydrogen (secondary N) is 1. The van der Waals surface area contributed by atoms with E-state index < -0.39 is 0 Å². The van der Waals surface area contributed by atoms with Crippen LogP contribution in [0.25, 0.3) is 0 Å². The first kappa shape index (κ1) is 10.7. The molecule has 74 valence electrons. The van der Waals surface area contributed by atoms with E-state index in [1.165, 1.54) is 11.4 Å². The van der Waals surface area contributed by atoms with Crippen molar-refractivity contribution in [1.29, 1.82) is 0 Å². The van der Waals surface area contributed by atoms with Gasteiger partial charge in [0.2, 0.25) is 0 Å². The maximum Gasteiger partial charge on any atom is 0.107 e. The Morgan fingerprint density at radius 2 is 2.38 bits per heavy atom. The predicted molar refractivity (Wildman–Crippen MR) is 58.0 cm³/mol. The molecule has 0 spiro atoms. The first-order valence-electron chi connectivity index (χ1n) is 4.84. The molecule has 1 rings (SSSR count). The summed E-state index contributed by atoms with van der Waals surface area (Å²) in [5.41, 5.74) is 1.13. The molecule has 0 fully saturated rings. The minimum Gasteiger partial charge on any atom is -0.310 e. The third kappa shape index (κ3) is 3.87. The van der Waals surface area contributed by atoms with Crippen LogP contribution >= 0.6 is 11.3 Å². The molecule has 0 saturated carbocycles. The summed E-state index contributed by atoms with van der Waals surface area (Å²) in [7, 11) is 0. The first-order valence-corrected chi connectivity index (χ1v) is 5.72. The molecule has 0 amide bonds. The molecule has 1 atom stereocenters. The van der Waals surface area contributed by atoms with E-state index in [1.807, 2.05) is 6.92 Å². The first-order chi connectivity index (χ1) is 6.22. The van der Waals surface area contributed by atoms with E-state index >= 15 is 0 Å². The van der Waals surface area contributed by atoms with Gasteiger partial charge in [-0.1, -0.05) is 20.3 Å². The van der Waals surface area contributed by atoms with Crippen molar-refractivity contribution in [2.24, 2.45) is 5.92 Å². The van der Waals surface area contributed by atoms with Gasteiger partial charge in [0.1, 0.15) is 5.01 Å². The highest BCUT2D eigenvalue weighted by Gasteiger charge is 2.00. The zero-order valence-corrected chi connectivity index (χ0v) is 9.45. The van der Waals surface area contributed by atoms with Gasteiger partial charge in [0.25, 0.3) is 0 Å². The molecule has 0 radical (unpaired) electrons. The van der Waals surface area contributed by atoms with Crippen molar-refractivity contribution in [3.63, 3.8) is 0 Å². The lowest BCUT2D eigenvalue weighted by Crippen LogP contribution is -2.20. The Morgan fingerprint density at radius 3 is 2.92 bits per heavy atom. The molecule has 1 aromatic heterocycles. The zero-order chi connectivity index (χ0) is 9.68. The van der Waals surface area contributed by atoms with E-state index in [4.69, 9.17) is 0 Å². The molecule has 0 aliphatic rings. The molecule has 0 aromatic carbocycles. The predicted octanol–water partition coefficient (Wildman–Crippen LogP) is 2.59. The molecule has 1 heterocycles. The largest absolute Gasteiger partial charge is 0.310 e. The van der Waals surface area contributed by atoms with Gasteiger partial charge >= 0.3 is 0 Å². The quantitative estimate of drug-likeness (QED) is 0.786. The molecule has 13 heavy (non-hydrogen) atoms. The molecule has 1 unspecified atom stereocenters. The van der Waals surface area contributed by atoms with Gasteiger partial charge in [-0.2, -0.15) is 0 Å². The van der Waals surface area contributed by atoms with Gasteiger partial charge < -0.3 is 5.32 Å². The average molecular weight is 198 g/mol. The molecule has 0 aliphatic heterocycles. The van der Waals surface area contributed by atoms with Crippen LogP contribution < -0.4 is 5.32 Å². The SMILES string of the molecule is CCC(C)CNCc1nc(C)cs1. The summed E-state index contributed by atoms with van der Waals surface area (Å²) in [6.45, 7) is 8.53. The normalized spacial score (nSPS) is 13.2. The van der Waals surface area contributed by atoms with Crippen molar-refractivity contribution in [2.75, 3.05) is 6.54 Å². The summed E-state index contributed by atoms with van der Waals surface area (Å²) in [4.78, 5) is 4.39. The number of nitrogens with zero attached hydrogens (tertiary/aromatic N) is 1. The molecule has 2 nitrogen and oxygen atoms in total. The second-order valence-corrected chi connectivity index (χ2v) is 4.47. The molecule has 0 aliphatic carbocycles. The Labute approximate surface area is 84.4 Å². The third-order valence-electron chi connectivity index (χ3n) is 2.13. The molecular formula is C10H18N2S. The Morgan fingerprint density at radius 1 is 1.62 bits per heavy atom. The summed E-state index contributed by atoms with van der Waals surface area (Å²) >= 11 is 1.74. The van der Waals surface area contributed by atoms with E-state index in [1.54, 1.807) is 11.3 Å². The summed E-state index contributed by atoms with van der Waals surface area (Å²) in [5.74, 6) is 0.765. The Hall–Kier alpha value is -0.410. The minimum atomic E-state index is 0.765. The standard InChI is InChI=1S/C10H18N2S/c1-4-8(2)5-11-6-10-12-9(3)7-13-10/h7-8,11H,4-6H2,1-3H3. The van der Waals surface area contributed by atoms with Crippen molar-refractivity contribution < 1.29 is 0 Å². The van der Waals surface area contributed by atoms with Gasteiger partial charge in [0.15, 0.2) is 0 Å². The van der Waals surface area contributed by atoms with Gasteiger partial charge in [0.05, 0.1) is 0 Å². The molecule has 1 aromatic rings. The van der Waals surface area contributed by atoms with Crippen LogP contribution in [-0.4, -0.2) is 11.5 Å². The summed E-state index contributed by atoms with van der Waals surface area (Å²) in [6, 6.07) is 0. The van der Waals surface area contributed by atoms with Gasteiger partial charge in [-0.3, -0.25) is 0 Å². The van der Waals surface area contributed by atoms with Crippen molar-refractivity contribution in [3.8, 4) is 0 Å². The maximum absolute atomic E-state index is 4.39. The zero-order valence-electron chi connectivity index (χ0n) is 8.63. The van der Waals surface area contributed by atoms with Gasteiger partial charge in [-0.15, -0.1) is 11.3 Å². The number of aryl methyl sites for hydroxylation is 1. The monoisotopic (exact) mass is 198 g/mol. The number of aromatic nitrogens is 1. The van der Waals surface area contributed by atoms with Gasteiger partial charge in [-0.05, 0) is 19.4 Å². The lowest BCUT2D eigenvalue weighted by Gasteiger charge is -2.08. The fraction of sp³-hybridized carbons (Fsp3) is 0.700. The fourth-order valence-corrected chi connectivity index (χ4v) is 1.80. The molecule has 1 N–H and O–H groups in total. The van der Waals surface area contributed by atoms with Crippen LogP contribution in [0.15, 0.2) is 5.38 Å². The Bertz CT molecular complexity index is 245. The maximum atomic E-state index is 4.39. The number of hydrogen-bond acceptors (Lipinski definition) is 3. The minimum absolute atomic E-state index is 0.765. The van der Waals surface area contributed by atoms with Crippen LogP contribution in [-0.2, 0) is 6.54 Å². The number of hydrogen-bond donors (Lipinski definition) is 1. The highest BCUT2D eigenvalue weighted by molar-refractivity contribution is 7.09. The van der Waals surface area contributed by atoms with Crippen molar-refractivity contribution >= 4 is 11.3 Å². The fourth-order valence-electron chi connectivity index (χ4n) is 1.05. The van der Waals surface area contributed by atoms with E-state index in [0.29, 0.717) is 0 Å². The number of rotatable bonds is 5. The van der Waals surface area contributed by atoms with Gasteiger partial charge in [0, 0.05) is 17.6 Å². The lowest BCUT2D eigenvalue weighted by atomic mass is 10.1. The van der Waals surface area contributed by atoms with Crippen LogP contribution in [0.3, 0.4) is 0 Å². The Balaban J connectivity index is 2.20. The van der Waals surface area contributed by atoms with E-state index in [2.05, 4.69) is 29.5 Å².